The number of aromatic hydroxyl groups is 1. The van der Waals surface area contributed by atoms with Crippen LogP contribution in [0.25, 0.3) is 0 Å². The maximum absolute atomic E-state index is 9.75. The minimum atomic E-state index is 0.132. The van der Waals surface area contributed by atoms with Gasteiger partial charge in [0.2, 0.25) is 0 Å². The molecule has 0 aliphatic rings. The third kappa shape index (κ3) is 3.69. The predicted molar refractivity (Wildman–Crippen MR) is 59.3 cm³/mol. The number of hydroxylamine groups is 1. The molecule has 1 aromatic rings. The molecule has 0 heterocycles. The molecule has 1 rings (SSSR count). The second-order valence-electron chi connectivity index (χ2n) is 3.13. The molecule has 0 atom stereocenters. The number of para-hydroxylation sites is 1. The SMILES string of the molecule is COCCONCc1cccc(OC)c1O. The molecule has 0 bridgehead atoms. The monoisotopic (exact) mass is 227 g/mol. The normalized spacial score (nSPS) is 10.4. The van der Waals surface area contributed by atoms with Crippen molar-refractivity contribution in [2.75, 3.05) is 27.4 Å². The standard InChI is InChI=1S/C11H17NO4/c1-14-6-7-16-12-8-9-4-3-5-10(15-2)11(9)13/h3-5,12-13H,6-8H2,1-2H3. The number of rotatable bonds is 7. The first-order valence-electron chi connectivity index (χ1n) is 4.98. The van der Waals surface area contributed by atoms with Gasteiger partial charge in [0.1, 0.15) is 0 Å². The molecule has 5 heteroatoms. The van der Waals surface area contributed by atoms with Gasteiger partial charge in [0.15, 0.2) is 11.5 Å². The summed E-state index contributed by atoms with van der Waals surface area (Å²) in [6.45, 7) is 1.39. The lowest BCUT2D eigenvalue weighted by atomic mass is 10.2. The van der Waals surface area contributed by atoms with E-state index in [0.717, 1.165) is 5.56 Å². The number of nitrogens with one attached hydrogen (secondary N) is 1. The Morgan fingerprint density at radius 3 is 2.75 bits per heavy atom. The molecule has 0 saturated heterocycles. The fourth-order valence-corrected chi connectivity index (χ4v) is 1.20. The van der Waals surface area contributed by atoms with Crippen LogP contribution in [0.3, 0.4) is 0 Å². The highest BCUT2D eigenvalue weighted by atomic mass is 16.7. The summed E-state index contributed by atoms with van der Waals surface area (Å²) in [4.78, 5) is 5.08. The number of hydrogen-bond acceptors (Lipinski definition) is 5. The van der Waals surface area contributed by atoms with E-state index in [2.05, 4.69) is 5.48 Å². The van der Waals surface area contributed by atoms with Crippen LogP contribution in [0.4, 0.5) is 0 Å². The smallest absolute Gasteiger partial charge is 0.162 e. The van der Waals surface area contributed by atoms with Gasteiger partial charge in [-0.25, -0.2) is 0 Å². The van der Waals surface area contributed by atoms with Gasteiger partial charge >= 0.3 is 0 Å². The van der Waals surface area contributed by atoms with Crippen LogP contribution in [0, 0.1) is 0 Å². The lowest BCUT2D eigenvalue weighted by Crippen LogP contribution is -2.17. The van der Waals surface area contributed by atoms with Gasteiger partial charge in [-0.3, -0.25) is 4.84 Å². The number of benzene rings is 1. The Hall–Kier alpha value is -1.30. The fraction of sp³-hybridized carbons (Fsp3) is 0.455. The van der Waals surface area contributed by atoms with Crippen LogP contribution in [0.5, 0.6) is 11.5 Å². The third-order valence-corrected chi connectivity index (χ3v) is 2.06. The van der Waals surface area contributed by atoms with Crippen LogP contribution in [-0.2, 0) is 16.1 Å². The average Bonchev–Trinajstić information content (AvgIpc) is 2.31. The molecule has 2 N–H and O–H groups in total. The van der Waals surface area contributed by atoms with Gasteiger partial charge < -0.3 is 14.6 Å². The van der Waals surface area contributed by atoms with E-state index in [0.29, 0.717) is 25.5 Å². The highest BCUT2D eigenvalue weighted by molar-refractivity contribution is 5.45. The Morgan fingerprint density at radius 2 is 2.06 bits per heavy atom. The van der Waals surface area contributed by atoms with Crippen LogP contribution in [0.2, 0.25) is 0 Å². The van der Waals surface area contributed by atoms with E-state index >= 15 is 0 Å². The molecule has 16 heavy (non-hydrogen) atoms. The topological polar surface area (TPSA) is 60.0 Å². The molecule has 90 valence electrons. The molecule has 1 aromatic carbocycles. The maximum Gasteiger partial charge on any atom is 0.162 e. The Labute approximate surface area is 94.9 Å². The largest absolute Gasteiger partial charge is 0.504 e. The molecule has 0 saturated carbocycles. The van der Waals surface area contributed by atoms with E-state index < -0.39 is 0 Å². The Bertz CT molecular complexity index is 317. The van der Waals surface area contributed by atoms with Crippen LogP contribution in [0.1, 0.15) is 5.56 Å². The number of phenolic OH excluding ortho intramolecular Hbond substituents is 1. The second-order valence-corrected chi connectivity index (χ2v) is 3.13. The van der Waals surface area contributed by atoms with Crippen molar-refractivity contribution in [3.63, 3.8) is 0 Å². The van der Waals surface area contributed by atoms with E-state index in [4.69, 9.17) is 14.3 Å². The molecule has 0 amide bonds. The summed E-state index contributed by atoms with van der Waals surface area (Å²) in [5.74, 6) is 0.587. The molecule has 0 aliphatic carbocycles. The molecular weight excluding hydrogens is 210 g/mol. The first-order chi connectivity index (χ1) is 7.79. The van der Waals surface area contributed by atoms with E-state index in [1.165, 1.54) is 7.11 Å². The fourth-order valence-electron chi connectivity index (χ4n) is 1.20. The molecule has 0 unspecified atom stereocenters. The molecule has 0 fully saturated rings. The summed E-state index contributed by atoms with van der Waals surface area (Å²) in [6, 6.07) is 5.31. The second kappa shape index (κ2) is 7.05. The van der Waals surface area contributed by atoms with Gasteiger partial charge in [-0.1, -0.05) is 12.1 Å². The lowest BCUT2D eigenvalue weighted by molar-refractivity contribution is 0.00319. The number of phenols is 1. The molecule has 0 aliphatic heterocycles. The number of ether oxygens (including phenoxy) is 2. The quantitative estimate of drug-likeness (QED) is 0.539. The maximum atomic E-state index is 9.75. The molecule has 5 nitrogen and oxygen atoms in total. The van der Waals surface area contributed by atoms with Crippen molar-refractivity contribution < 1.29 is 19.4 Å². The van der Waals surface area contributed by atoms with Crippen molar-refractivity contribution in [3.05, 3.63) is 23.8 Å². The van der Waals surface area contributed by atoms with Crippen molar-refractivity contribution in [2.45, 2.75) is 6.54 Å². The average molecular weight is 227 g/mol. The van der Waals surface area contributed by atoms with Crippen molar-refractivity contribution in [2.24, 2.45) is 0 Å². The van der Waals surface area contributed by atoms with Crippen LogP contribution in [-0.4, -0.2) is 32.5 Å². The summed E-state index contributed by atoms with van der Waals surface area (Å²) in [5.41, 5.74) is 3.45. The summed E-state index contributed by atoms with van der Waals surface area (Å²) >= 11 is 0. The molecule has 0 spiro atoms. The van der Waals surface area contributed by atoms with Gasteiger partial charge in [-0.05, 0) is 6.07 Å². The minimum Gasteiger partial charge on any atom is -0.504 e. The number of methoxy groups -OCH3 is 2. The zero-order valence-corrected chi connectivity index (χ0v) is 9.53. The van der Waals surface area contributed by atoms with Gasteiger partial charge in [-0.2, -0.15) is 5.48 Å². The first-order valence-corrected chi connectivity index (χ1v) is 4.98. The van der Waals surface area contributed by atoms with Crippen LogP contribution in [0.15, 0.2) is 18.2 Å². The Kier molecular flexibility index (Phi) is 5.63. The summed E-state index contributed by atoms with van der Waals surface area (Å²) < 4.78 is 9.81. The molecule has 0 aromatic heterocycles. The van der Waals surface area contributed by atoms with Gasteiger partial charge in [0.05, 0.1) is 20.3 Å². The third-order valence-electron chi connectivity index (χ3n) is 2.06. The highest BCUT2D eigenvalue weighted by Crippen LogP contribution is 2.28. The van der Waals surface area contributed by atoms with Crippen LogP contribution >= 0.6 is 0 Å². The minimum absolute atomic E-state index is 0.132. The predicted octanol–water partition coefficient (Wildman–Crippen LogP) is 1.07. The molecule has 0 radical (unpaired) electrons. The van der Waals surface area contributed by atoms with E-state index in [1.54, 1.807) is 19.2 Å². The zero-order chi connectivity index (χ0) is 11.8. The summed E-state index contributed by atoms with van der Waals surface area (Å²) in [6.07, 6.45) is 0. The lowest BCUT2D eigenvalue weighted by Gasteiger charge is -2.09. The van der Waals surface area contributed by atoms with Gasteiger partial charge in [-0.15, -0.1) is 0 Å². The van der Waals surface area contributed by atoms with E-state index in [1.807, 2.05) is 6.07 Å². The highest BCUT2D eigenvalue weighted by Gasteiger charge is 2.06. The molecular formula is C11H17NO4. The Morgan fingerprint density at radius 1 is 1.25 bits per heavy atom. The van der Waals surface area contributed by atoms with Crippen LogP contribution < -0.4 is 10.2 Å². The summed E-state index contributed by atoms with van der Waals surface area (Å²) in [5, 5.41) is 9.75. The van der Waals surface area contributed by atoms with Gasteiger partial charge in [0.25, 0.3) is 0 Å². The van der Waals surface area contributed by atoms with Crippen molar-refractivity contribution in [1.29, 1.82) is 0 Å². The Balaban J connectivity index is 2.41. The van der Waals surface area contributed by atoms with Crippen molar-refractivity contribution in [3.8, 4) is 11.5 Å². The van der Waals surface area contributed by atoms with E-state index in [-0.39, 0.29) is 5.75 Å². The summed E-state index contributed by atoms with van der Waals surface area (Å²) in [7, 11) is 3.12. The zero-order valence-electron chi connectivity index (χ0n) is 9.53. The van der Waals surface area contributed by atoms with Crippen molar-refractivity contribution >= 4 is 0 Å². The first kappa shape index (κ1) is 12.8. The van der Waals surface area contributed by atoms with E-state index in [9.17, 15) is 5.11 Å². The number of hydrogen-bond donors (Lipinski definition) is 2. The van der Waals surface area contributed by atoms with Gasteiger partial charge in [0, 0.05) is 19.2 Å². The van der Waals surface area contributed by atoms with Crippen molar-refractivity contribution in [1.82, 2.24) is 5.48 Å².